The summed E-state index contributed by atoms with van der Waals surface area (Å²) in [5.74, 6) is -4.47. The Labute approximate surface area is 251 Å². The zero-order chi connectivity index (χ0) is 31.8. The Morgan fingerprint density at radius 3 is 1.73 bits per heavy atom. The lowest BCUT2D eigenvalue weighted by molar-refractivity contribution is -0.142. The van der Waals surface area contributed by atoms with Gasteiger partial charge in [-0.15, -0.1) is 0 Å². The van der Waals surface area contributed by atoms with Crippen LogP contribution in [0.3, 0.4) is 0 Å². The van der Waals surface area contributed by atoms with E-state index in [0.717, 1.165) is 21.8 Å². The number of aliphatic hydroxyl groups excluding tert-OH is 1. The molecule has 2 aromatic heterocycles. The molecule has 2 aromatic carbocycles. The van der Waals surface area contributed by atoms with Crippen LogP contribution in [0.5, 0.6) is 0 Å². The van der Waals surface area contributed by atoms with Gasteiger partial charge in [0.1, 0.15) is 24.2 Å². The number of carboxylic acids is 1. The van der Waals surface area contributed by atoms with Crippen molar-refractivity contribution >= 4 is 51.4 Å². The number of carboxylic acid groups (broad SMARTS) is 1. The SMILES string of the molecule is NC(=O)CCC(NC(=O)C(Cc1c[nH]c2ccccc12)NC(=O)C(N)CO)C(=O)NC(Cc1c[nH]c2ccccc12)C(=O)O. The molecule has 14 nitrogen and oxygen atoms in total. The molecule has 4 aromatic rings. The topological polar surface area (TPSA) is 246 Å². The van der Waals surface area contributed by atoms with E-state index in [1.54, 1.807) is 12.4 Å². The number of aromatic nitrogens is 2. The molecule has 0 bridgehead atoms. The number of primary amides is 1. The maximum absolute atomic E-state index is 13.6. The number of aliphatic carboxylic acids is 1. The van der Waals surface area contributed by atoms with Gasteiger partial charge in [-0.1, -0.05) is 36.4 Å². The van der Waals surface area contributed by atoms with Crippen molar-refractivity contribution in [1.29, 1.82) is 0 Å². The fourth-order valence-electron chi connectivity index (χ4n) is 4.91. The van der Waals surface area contributed by atoms with Gasteiger partial charge in [-0.2, -0.15) is 0 Å². The lowest BCUT2D eigenvalue weighted by Crippen LogP contribution is -2.58. The van der Waals surface area contributed by atoms with Gasteiger partial charge < -0.3 is 47.6 Å². The predicted molar refractivity (Wildman–Crippen MR) is 161 cm³/mol. The van der Waals surface area contributed by atoms with Crippen molar-refractivity contribution in [2.45, 2.75) is 49.9 Å². The second-order valence-electron chi connectivity index (χ2n) is 10.4. The van der Waals surface area contributed by atoms with Crippen LogP contribution in [0.25, 0.3) is 21.8 Å². The third kappa shape index (κ3) is 7.79. The van der Waals surface area contributed by atoms with Gasteiger partial charge in [0.2, 0.25) is 23.6 Å². The second-order valence-corrected chi connectivity index (χ2v) is 10.4. The molecule has 0 saturated heterocycles. The van der Waals surface area contributed by atoms with E-state index in [9.17, 15) is 34.2 Å². The van der Waals surface area contributed by atoms with Crippen LogP contribution in [0.1, 0.15) is 24.0 Å². The number of carbonyl (C=O) groups excluding carboxylic acids is 4. The lowest BCUT2D eigenvalue weighted by Gasteiger charge is -2.25. The Bertz CT molecular complexity index is 1660. The van der Waals surface area contributed by atoms with Crippen molar-refractivity contribution in [3.63, 3.8) is 0 Å². The normalized spacial score (nSPS) is 14.0. The molecule has 44 heavy (non-hydrogen) atoms. The minimum absolute atomic E-state index is 0.0117. The quantitative estimate of drug-likeness (QED) is 0.0857. The third-order valence-corrected chi connectivity index (χ3v) is 7.29. The number of H-pyrrole nitrogens is 2. The number of benzene rings is 2. The maximum Gasteiger partial charge on any atom is 0.326 e. The van der Waals surface area contributed by atoms with E-state index < -0.39 is 60.4 Å². The van der Waals surface area contributed by atoms with Gasteiger partial charge >= 0.3 is 5.97 Å². The monoisotopic (exact) mass is 605 g/mol. The number of amides is 4. The number of rotatable bonds is 15. The van der Waals surface area contributed by atoms with Gasteiger partial charge in [-0.25, -0.2) is 4.79 Å². The molecule has 14 heteroatoms. The number of aromatic amines is 2. The summed E-state index contributed by atoms with van der Waals surface area (Å²) in [7, 11) is 0. The number of para-hydroxylation sites is 2. The molecule has 4 amide bonds. The van der Waals surface area contributed by atoms with Crippen molar-refractivity contribution in [1.82, 2.24) is 25.9 Å². The maximum atomic E-state index is 13.6. The fraction of sp³-hybridized carbons (Fsp3) is 0.300. The number of hydrogen-bond donors (Lipinski definition) is 9. The number of hydrogen-bond acceptors (Lipinski definition) is 7. The van der Waals surface area contributed by atoms with Crippen molar-refractivity contribution in [3.8, 4) is 0 Å². The highest BCUT2D eigenvalue weighted by atomic mass is 16.4. The molecule has 0 aliphatic carbocycles. The minimum Gasteiger partial charge on any atom is -0.480 e. The van der Waals surface area contributed by atoms with E-state index in [0.29, 0.717) is 11.1 Å². The zero-order valence-corrected chi connectivity index (χ0v) is 23.7. The molecule has 4 rings (SSSR count). The molecule has 232 valence electrons. The standard InChI is InChI=1S/C30H35N7O7/c31-20(15-38)27(40)36-24(11-16-13-33-21-7-3-1-5-18(16)21)29(42)35-23(9-10-26(32)39)28(41)37-25(30(43)44)12-17-14-34-22-8-4-2-6-19(17)22/h1-8,13-14,20,23-25,33-34,38H,9-12,15,31H2,(H2,32,39)(H,35,42)(H,36,40)(H,37,41)(H,43,44). The summed E-state index contributed by atoms with van der Waals surface area (Å²) in [6, 6.07) is 9.34. The lowest BCUT2D eigenvalue weighted by atomic mass is 10.0. The molecule has 0 fully saturated rings. The average molecular weight is 606 g/mol. The summed E-state index contributed by atoms with van der Waals surface area (Å²) in [4.78, 5) is 69.4. The molecule has 0 saturated carbocycles. The van der Waals surface area contributed by atoms with Crippen molar-refractivity contribution in [2.24, 2.45) is 11.5 Å². The molecule has 0 aliphatic heterocycles. The zero-order valence-electron chi connectivity index (χ0n) is 23.7. The van der Waals surface area contributed by atoms with Gasteiger partial charge in [0.15, 0.2) is 0 Å². The van der Waals surface area contributed by atoms with E-state index in [4.69, 9.17) is 11.5 Å². The molecule has 0 aliphatic rings. The molecule has 4 unspecified atom stereocenters. The molecule has 0 spiro atoms. The summed E-state index contributed by atoms with van der Waals surface area (Å²) < 4.78 is 0. The highest BCUT2D eigenvalue weighted by Gasteiger charge is 2.31. The summed E-state index contributed by atoms with van der Waals surface area (Å²) in [5, 5.41) is 28.3. The molecule has 2 heterocycles. The second kappa shape index (κ2) is 14.3. The van der Waals surface area contributed by atoms with Crippen LogP contribution in [0.2, 0.25) is 0 Å². The first-order valence-electron chi connectivity index (χ1n) is 14.0. The molecule has 0 radical (unpaired) electrons. The van der Waals surface area contributed by atoms with E-state index in [1.165, 1.54) is 0 Å². The fourth-order valence-corrected chi connectivity index (χ4v) is 4.91. The van der Waals surface area contributed by atoms with Crippen LogP contribution in [0.15, 0.2) is 60.9 Å². The van der Waals surface area contributed by atoms with Crippen LogP contribution >= 0.6 is 0 Å². The van der Waals surface area contributed by atoms with Gasteiger partial charge in [-0.3, -0.25) is 19.2 Å². The highest BCUT2D eigenvalue weighted by molar-refractivity contribution is 5.95. The van der Waals surface area contributed by atoms with Crippen molar-refractivity contribution in [2.75, 3.05) is 6.61 Å². The summed E-state index contributed by atoms with van der Waals surface area (Å²) >= 11 is 0. The minimum atomic E-state index is -1.37. The first-order chi connectivity index (χ1) is 21.1. The average Bonchev–Trinajstić information content (AvgIpc) is 3.61. The first-order valence-corrected chi connectivity index (χ1v) is 14.0. The van der Waals surface area contributed by atoms with Crippen molar-refractivity contribution < 1.29 is 34.2 Å². The number of aliphatic hydroxyl groups is 1. The van der Waals surface area contributed by atoms with E-state index in [2.05, 4.69) is 25.9 Å². The number of fused-ring (bicyclic) bond motifs is 2. The van der Waals surface area contributed by atoms with Crippen LogP contribution in [0, 0.1) is 0 Å². The Balaban J connectivity index is 1.55. The largest absolute Gasteiger partial charge is 0.480 e. The van der Waals surface area contributed by atoms with Crippen LogP contribution in [-0.4, -0.2) is 80.6 Å². The van der Waals surface area contributed by atoms with E-state index in [1.807, 2.05) is 48.5 Å². The van der Waals surface area contributed by atoms with Crippen LogP contribution < -0.4 is 27.4 Å². The predicted octanol–water partition coefficient (Wildman–Crippen LogP) is -0.441. The summed E-state index contributed by atoms with van der Waals surface area (Å²) in [6.07, 6.45) is 2.77. The van der Waals surface area contributed by atoms with Crippen molar-refractivity contribution in [3.05, 3.63) is 72.1 Å². The highest BCUT2D eigenvalue weighted by Crippen LogP contribution is 2.21. The van der Waals surface area contributed by atoms with Crippen LogP contribution in [-0.2, 0) is 36.8 Å². The molecular weight excluding hydrogens is 570 g/mol. The number of nitrogens with one attached hydrogen (secondary N) is 5. The Morgan fingerprint density at radius 1 is 0.727 bits per heavy atom. The molecule has 11 N–H and O–H groups in total. The Morgan fingerprint density at radius 2 is 1.20 bits per heavy atom. The Hall–Kier alpha value is -5.21. The Kier molecular flexibility index (Phi) is 10.3. The van der Waals surface area contributed by atoms with Gasteiger partial charge in [0.05, 0.1) is 6.61 Å². The summed E-state index contributed by atoms with van der Waals surface area (Å²) in [5.41, 5.74) is 13.9. The van der Waals surface area contributed by atoms with Gasteiger partial charge in [-0.05, 0) is 29.7 Å². The summed E-state index contributed by atoms with van der Waals surface area (Å²) in [6.45, 7) is -0.663. The van der Waals surface area contributed by atoms with Crippen LogP contribution in [0.4, 0.5) is 0 Å². The van der Waals surface area contributed by atoms with E-state index in [-0.39, 0.29) is 25.7 Å². The third-order valence-electron chi connectivity index (χ3n) is 7.29. The van der Waals surface area contributed by atoms with Gasteiger partial charge in [0.25, 0.3) is 0 Å². The van der Waals surface area contributed by atoms with E-state index >= 15 is 0 Å². The van der Waals surface area contributed by atoms with Gasteiger partial charge in [0, 0.05) is 53.5 Å². The number of carbonyl (C=O) groups is 5. The smallest absolute Gasteiger partial charge is 0.326 e. The first kappa shape index (κ1) is 31.7. The molecule has 4 atom stereocenters. The molecular formula is C30H35N7O7. The number of nitrogens with two attached hydrogens (primary N) is 2.